The summed E-state index contributed by atoms with van der Waals surface area (Å²) in [7, 11) is 0. The normalized spacial score (nSPS) is 10.4. The summed E-state index contributed by atoms with van der Waals surface area (Å²) in [6.45, 7) is 5.99. The maximum Gasteiger partial charge on any atom is 0.165 e. The third kappa shape index (κ3) is 2.89. The first-order valence-electron chi connectivity index (χ1n) is 6.13. The van der Waals surface area contributed by atoms with Crippen LogP contribution in [0.5, 0.6) is 11.5 Å². The molecule has 0 fully saturated rings. The van der Waals surface area contributed by atoms with Crippen LogP contribution in [0.4, 0.5) is 4.39 Å². The third-order valence-corrected chi connectivity index (χ3v) is 2.83. The molecule has 0 aliphatic carbocycles. The van der Waals surface area contributed by atoms with Gasteiger partial charge in [-0.2, -0.15) is 0 Å². The fourth-order valence-corrected chi connectivity index (χ4v) is 1.97. The minimum atomic E-state index is -0.312. The van der Waals surface area contributed by atoms with E-state index in [1.165, 1.54) is 6.07 Å². The van der Waals surface area contributed by atoms with E-state index in [1.54, 1.807) is 6.07 Å². The van der Waals surface area contributed by atoms with Crippen molar-refractivity contribution in [3.05, 3.63) is 58.9 Å². The van der Waals surface area contributed by atoms with E-state index in [1.807, 2.05) is 39.0 Å². The molecule has 0 aliphatic heterocycles. The Balaban J connectivity index is 2.28. The van der Waals surface area contributed by atoms with Crippen molar-refractivity contribution < 1.29 is 9.13 Å². The van der Waals surface area contributed by atoms with E-state index in [0.29, 0.717) is 5.75 Å². The Labute approximate surface area is 107 Å². The summed E-state index contributed by atoms with van der Waals surface area (Å²) in [6.07, 6.45) is 0.820. The number of benzene rings is 2. The van der Waals surface area contributed by atoms with Gasteiger partial charge < -0.3 is 4.74 Å². The minimum absolute atomic E-state index is 0.275. The lowest BCUT2D eigenvalue weighted by atomic mass is 10.1. The molecule has 0 N–H and O–H groups in total. The van der Waals surface area contributed by atoms with Crippen LogP contribution in [0.3, 0.4) is 0 Å². The van der Waals surface area contributed by atoms with Gasteiger partial charge in [0.2, 0.25) is 0 Å². The second kappa shape index (κ2) is 5.21. The van der Waals surface area contributed by atoms with Gasteiger partial charge in [0.25, 0.3) is 0 Å². The predicted octanol–water partition coefficient (Wildman–Crippen LogP) is 4.80. The molecule has 18 heavy (non-hydrogen) atoms. The fourth-order valence-electron chi connectivity index (χ4n) is 1.97. The summed E-state index contributed by atoms with van der Waals surface area (Å²) < 4.78 is 19.4. The Hall–Kier alpha value is -1.83. The molecule has 2 aromatic rings. The van der Waals surface area contributed by atoms with Crippen molar-refractivity contribution in [3.63, 3.8) is 0 Å². The van der Waals surface area contributed by atoms with Crippen LogP contribution in [0.15, 0.2) is 36.4 Å². The van der Waals surface area contributed by atoms with Gasteiger partial charge in [-0.15, -0.1) is 0 Å². The van der Waals surface area contributed by atoms with Crippen molar-refractivity contribution in [1.29, 1.82) is 0 Å². The number of rotatable bonds is 3. The molecule has 0 spiro atoms. The zero-order valence-electron chi connectivity index (χ0n) is 11.0. The van der Waals surface area contributed by atoms with Crippen LogP contribution < -0.4 is 4.74 Å². The van der Waals surface area contributed by atoms with Gasteiger partial charge in [-0.05, 0) is 61.2 Å². The maximum absolute atomic E-state index is 13.8. The molecule has 2 rings (SSSR count). The first kappa shape index (κ1) is 12.6. The highest BCUT2D eigenvalue weighted by atomic mass is 19.1. The number of hydrogen-bond donors (Lipinski definition) is 0. The van der Waals surface area contributed by atoms with Crippen molar-refractivity contribution in [3.8, 4) is 11.5 Å². The van der Waals surface area contributed by atoms with Gasteiger partial charge >= 0.3 is 0 Å². The van der Waals surface area contributed by atoms with Crippen molar-refractivity contribution >= 4 is 0 Å². The molecule has 0 heterocycles. The van der Waals surface area contributed by atoms with Crippen LogP contribution >= 0.6 is 0 Å². The summed E-state index contributed by atoms with van der Waals surface area (Å²) in [5.41, 5.74) is 3.19. The smallest absolute Gasteiger partial charge is 0.165 e. The largest absolute Gasteiger partial charge is 0.454 e. The van der Waals surface area contributed by atoms with E-state index >= 15 is 0 Å². The lowest BCUT2D eigenvalue weighted by Gasteiger charge is -2.09. The molecule has 0 aromatic heterocycles. The summed E-state index contributed by atoms with van der Waals surface area (Å²) >= 11 is 0. The van der Waals surface area contributed by atoms with Crippen molar-refractivity contribution in [2.24, 2.45) is 0 Å². The van der Waals surface area contributed by atoms with E-state index in [9.17, 15) is 4.39 Å². The minimum Gasteiger partial charge on any atom is -0.454 e. The summed E-state index contributed by atoms with van der Waals surface area (Å²) in [4.78, 5) is 0. The van der Waals surface area contributed by atoms with Crippen LogP contribution in [0.2, 0.25) is 0 Å². The van der Waals surface area contributed by atoms with Crippen LogP contribution in [0.1, 0.15) is 23.6 Å². The average molecular weight is 244 g/mol. The Kier molecular flexibility index (Phi) is 3.66. The van der Waals surface area contributed by atoms with E-state index in [-0.39, 0.29) is 11.6 Å². The topological polar surface area (TPSA) is 9.23 Å². The summed E-state index contributed by atoms with van der Waals surface area (Å²) in [6, 6.07) is 11.0. The second-order valence-electron chi connectivity index (χ2n) is 4.54. The van der Waals surface area contributed by atoms with Crippen LogP contribution in [0, 0.1) is 19.7 Å². The number of ether oxygens (including phenoxy) is 1. The third-order valence-electron chi connectivity index (χ3n) is 2.83. The van der Waals surface area contributed by atoms with Gasteiger partial charge in [-0.1, -0.05) is 19.1 Å². The van der Waals surface area contributed by atoms with Gasteiger partial charge in [-0.3, -0.25) is 0 Å². The van der Waals surface area contributed by atoms with E-state index < -0.39 is 0 Å². The van der Waals surface area contributed by atoms with Crippen LogP contribution in [0.25, 0.3) is 0 Å². The Morgan fingerprint density at radius 3 is 2.22 bits per heavy atom. The second-order valence-corrected chi connectivity index (χ2v) is 4.54. The molecule has 2 heteroatoms. The van der Waals surface area contributed by atoms with Gasteiger partial charge in [0.1, 0.15) is 5.75 Å². The quantitative estimate of drug-likeness (QED) is 0.753. The molecule has 0 saturated heterocycles. The van der Waals surface area contributed by atoms with E-state index in [0.717, 1.165) is 23.1 Å². The SMILES string of the molecule is CCc1ccc(Oc2cc(C)cc(C)c2)c(F)c1. The first-order chi connectivity index (χ1) is 8.58. The van der Waals surface area contributed by atoms with Gasteiger partial charge in [0.05, 0.1) is 0 Å². The first-order valence-corrected chi connectivity index (χ1v) is 6.13. The molecule has 1 nitrogen and oxygen atoms in total. The van der Waals surface area contributed by atoms with Gasteiger partial charge in [0, 0.05) is 0 Å². The van der Waals surface area contributed by atoms with Crippen molar-refractivity contribution in [1.82, 2.24) is 0 Å². The molecule has 2 aromatic carbocycles. The molecular formula is C16H17FO. The number of aryl methyl sites for hydroxylation is 3. The van der Waals surface area contributed by atoms with Crippen molar-refractivity contribution in [2.45, 2.75) is 27.2 Å². The molecular weight excluding hydrogens is 227 g/mol. The Morgan fingerprint density at radius 1 is 1.00 bits per heavy atom. The summed E-state index contributed by atoms with van der Waals surface area (Å²) in [5.74, 6) is 0.640. The molecule has 0 radical (unpaired) electrons. The molecule has 0 bridgehead atoms. The molecule has 94 valence electrons. The molecule has 0 aliphatic rings. The zero-order valence-corrected chi connectivity index (χ0v) is 11.0. The maximum atomic E-state index is 13.8. The monoisotopic (exact) mass is 244 g/mol. The molecule has 0 atom stereocenters. The van der Waals surface area contributed by atoms with E-state index in [2.05, 4.69) is 6.07 Å². The Morgan fingerprint density at radius 2 is 1.67 bits per heavy atom. The lowest BCUT2D eigenvalue weighted by Crippen LogP contribution is -1.91. The highest BCUT2D eigenvalue weighted by molar-refractivity contribution is 5.38. The van der Waals surface area contributed by atoms with Gasteiger partial charge in [-0.25, -0.2) is 4.39 Å². The van der Waals surface area contributed by atoms with E-state index in [4.69, 9.17) is 4.74 Å². The lowest BCUT2D eigenvalue weighted by molar-refractivity contribution is 0.441. The Bertz CT molecular complexity index is 541. The number of hydrogen-bond acceptors (Lipinski definition) is 1. The molecule has 0 unspecified atom stereocenters. The van der Waals surface area contributed by atoms with Crippen LogP contribution in [-0.2, 0) is 6.42 Å². The standard InChI is InChI=1S/C16H17FO/c1-4-13-5-6-16(15(17)10-13)18-14-8-11(2)7-12(3)9-14/h5-10H,4H2,1-3H3. The van der Waals surface area contributed by atoms with Crippen LogP contribution in [-0.4, -0.2) is 0 Å². The zero-order chi connectivity index (χ0) is 13.1. The highest BCUT2D eigenvalue weighted by Gasteiger charge is 2.06. The van der Waals surface area contributed by atoms with Crippen molar-refractivity contribution in [2.75, 3.05) is 0 Å². The molecule has 0 saturated carbocycles. The predicted molar refractivity (Wildman–Crippen MR) is 71.8 cm³/mol. The summed E-state index contributed by atoms with van der Waals surface area (Å²) in [5, 5.41) is 0. The highest BCUT2D eigenvalue weighted by Crippen LogP contribution is 2.26. The average Bonchev–Trinajstić information content (AvgIpc) is 2.30. The van der Waals surface area contributed by atoms with Gasteiger partial charge in [0.15, 0.2) is 11.6 Å². The molecule has 0 amide bonds. The fraction of sp³-hybridized carbons (Fsp3) is 0.250. The number of halogens is 1.